The summed E-state index contributed by atoms with van der Waals surface area (Å²) in [5.74, 6) is 0. The van der Waals surface area contributed by atoms with Gasteiger partial charge in [-0.25, -0.2) is 4.99 Å². The van der Waals surface area contributed by atoms with E-state index in [1.807, 2.05) is 19.9 Å². The molecule has 106 valence electrons. The van der Waals surface area contributed by atoms with Gasteiger partial charge in [0.25, 0.3) is 0 Å². The van der Waals surface area contributed by atoms with Gasteiger partial charge in [-0.2, -0.15) is 4.99 Å². The van der Waals surface area contributed by atoms with Crippen molar-refractivity contribution in [1.82, 2.24) is 5.32 Å². The molecule has 1 aromatic carbocycles. The maximum Gasteiger partial charge on any atom is 0.197 e. The summed E-state index contributed by atoms with van der Waals surface area (Å²) in [6.45, 7) is 4.89. The normalized spacial score (nSPS) is 16.7. The molecule has 2 rings (SSSR count). The lowest BCUT2D eigenvalue weighted by Crippen LogP contribution is -2.19. The van der Waals surface area contributed by atoms with Crippen LogP contribution < -0.4 is 10.6 Å². The molecular formula is C13H14Cl2N4S. The van der Waals surface area contributed by atoms with Gasteiger partial charge >= 0.3 is 0 Å². The third-order valence-electron chi connectivity index (χ3n) is 2.38. The smallest absolute Gasteiger partial charge is 0.197 e. The van der Waals surface area contributed by atoms with Crippen molar-refractivity contribution in [3.63, 3.8) is 0 Å². The summed E-state index contributed by atoms with van der Waals surface area (Å²) in [4.78, 5) is 8.52. The number of amidine groups is 2. The Morgan fingerprint density at radius 1 is 1.45 bits per heavy atom. The van der Waals surface area contributed by atoms with Crippen LogP contribution in [0.3, 0.4) is 0 Å². The first-order valence-corrected chi connectivity index (χ1v) is 7.63. The summed E-state index contributed by atoms with van der Waals surface area (Å²) in [5.41, 5.74) is 1.79. The Labute approximate surface area is 132 Å². The highest BCUT2D eigenvalue weighted by atomic mass is 35.5. The van der Waals surface area contributed by atoms with Gasteiger partial charge in [0.1, 0.15) is 0 Å². The van der Waals surface area contributed by atoms with E-state index in [1.165, 1.54) is 11.8 Å². The predicted molar refractivity (Wildman–Crippen MR) is 90.0 cm³/mol. The van der Waals surface area contributed by atoms with Gasteiger partial charge in [-0.15, -0.1) is 0 Å². The number of rotatable bonds is 4. The van der Waals surface area contributed by atoms with Crippen LogP contribution in [0.5, 0.6) is 0 Å². The van der Waals surface area contributed by atoms with Crippen LogP contribution in [0.25, 0.3) is 0 Å². The van der Waals surface area contributed by atoms with Crippen LogP contribution in [-0.2, 0) is 0 Å². The summed E-state index contributed by atoms with van der Waals surface area (Å²) in [6.07, 6.45) is 1.77. The minimum Gasteiger partial charge on any atom is -0.388 e. The highest BCUT2D eigenvalue weighted by Crippen LogP contribution is 2.29. The van der Waals surface area contributed by atoms with Crippen molar-refractivity contribution in [2.24, 2.45) is 9.98 Å². The Morgan fingerprint density at radius 2 is 2.20 bits per heavy atom. The van der Waals surface area contributed by atoms with Crippen LogP contribution in [0.15, 0.2) is 40.1 Å². The fourth-order valence-electron chi connectivity index (χ4n) is 1.47. The van der Waals surface area contributed by atoms with Crippen LogP contribution >= 0.6 is 35.0 Å². The highest BCUT2D eigenvalue weighted by Gasteiger charge is 2.17. The molecule has 20 heavy (non-hydrogen) atoms. The van der Waals surface area contributed by atoms with Gasteiger partial charge in [0, 0.05) is 23.5 Å². The molecule has 0 radical (unpaired) electrons. The minimum atomic E-state index is 0.564. The molecule has 1 aromatic rings. The second-order valence-electron chi connectivity index (χ2n) is 4.02. The molecule has 7 heteroatoms. The van der Waals surface area contributed by atoms with Gasteiger partial charge < -0.3 is 10.6 Å². The summed E-state index contributed by atoms with van der Waals surface area (Å²) < 4.78 is 0. The molecule has 0 atom stereocenters. The lowest BCUT2D eigenvalue weighted by Gasteiger charge is -2.16. The van der Waals surface area contributed by atoms with E-state index in [4.69, 9.17) is 23.2 Å². The molecule has 2 N–H and O–H groups in total. The molecule has 1 heterocycles. The first-order chi connectivity index (χ1) is 9.58. The summed E-state index contributed by atoms with van der Waals surface area (Å²) in [6, 6.07) is 5.28. The van der Waals surface area contributed by atoms with Crippen molar-refractivity contribution in [2.45, 2.75) is 13.8 Å². The Balaban J connectivity index is 1.96. The van der Waals surface area contributed by atoms with Crippen LogP contribution in [0.2, 0.25) is 10.0 Å². The first-order valence-electron chi connectivity index (χ1n) is 6.05. The number of hydrogen-bond donors (Lipinski definition) is 2. The van der Waals surface area contributed by atoms with Crippen LogP contribution in [0, 0.1) is 0 Å². The number of nitrogens with zero attached hydrogens (tertiary/aromatic N) is 2. The fraction of sp³-hybridized carbons (Fsp3) is 0.231. The monoisotopic (exact) mass is 328 g/mol. The Bertz CT molecular complexity index is 596. The van der Waals surface area contributed by atoms with E-state index < -0.39 is 0 Å². The zero-order valence-electron chi connectivity index (χ0n) is 11.1. The number of anilines is 1. The standard InChI is InChI=1S/C13H14Cl2N4S/c1-3-16-8(2)7-17-12-19-13(20-12)18-11-5-4-9(14)6-10(11)15/h4-7,16H,3H2,1-2H3,(H,17,18,19)/b8-7+. The zero-order valence-corrected chi connectivity index (χ0v) is 13.4. The molecule has 1 aliphatic rings. The van der Waals surface area contributed by atoms with E-state index in [2.05, 4.69) is 20.6 Å². The van der Waals surface area contributed by atoms with Crippen LogP contribution in [0.1, 0.15) is 13.8 Å². The zero-order chi connectivity index (χ0) is 14.5. The number of aliphatic imine (C=N–C) groups is 2. The van der Waals surface area contributed by atoms with Crippen molar-refractivity contribution in [3.8, 4) is 0 Å². The minimum absolute atomic E-state index is 0.564. The summed E-state index contributed by atoms with van der Waals surface area (Å²) >= 11 is 13.4. The molecule has 0 saturated carbocycles. The van der Waals surface area contributed by atoms with E-state index in [0.717, 1.165) is 28.3 Å². The second-order valence-corrected chi connectivity index (χ2v) is 5.82. The number of halogens is 2. The summed E-state index contributed by atoms with van der Waals surface area (Å²) in [5, 5.41) is 8.94. The fourth-order valence-corrected chi connectivity index (χ4v) is 2.50. The largest absolute Gasteiger partial charge is 0.388 e. The van der Waals surface area contributed by atoms with Crippen LogP contribution in [0.4, 0.5) is 5.69 Å². The molecule has 0 saturated heterocycles. The van der Waals surface area contributed by atoms with Gasteiger partial charge in [0.15, 0.2) is 10.3 Å². The Kier molecular flexibility index (Phi) is 5.34. The van der Waals surface area contributed by atoms with Crippen LogP contribution in [-0.4, -0.2) is 16.9 Å². The summed E-state index contributed by atoms with van der Waals surface area (Å²) in [7, 11) is 0. The Hall–Kier alpha value is -1.17. The van der Waals surface area contributed by atoms with Crippen molar-refractivity contribution in [3.05, 3.63) is 40.1 Å². The number of thioether (sulfide) groups is 1. The molecule has 0 bridgehead atoms. The predicted octanol–water partition coefficient (Wildman–Crippen LogP) is 4.33. The average Bonchev–Trinajstić information content (AvgIpc) is 2.34. The van der Waals surface area contributed by atoms with E-state index >= 15 is 0 Å². The maximum absolute atomic E-state index is 6.07. The van der Waals surface area contributed by atoms with Crippen molar-refractivity contribution in [2.75, 3.05) is 11.9 Å². The second kappa shape index (κ2) is 7.02. The van der Waals surface area contributed by atoms with Crippen molar-refractivity contribution in [1.29, 1.82) is 0 Å². The molecule has 0 unspecified atom stereocenters. The number of nitrogens with one attached hydrogen (secondary N) is 2. The number of allylic oxidation sites excluding steroid dienone is 1. The highest BCUT2D eigenvalue weighted by molar-refractivity contribution is 8.29. The molecule has 1 aliphatic heterocycles. The van der Waals surface area contributed by atoms with Gasteiger partial charge in [-0.3, -0.25) is 0 Å². The molecular weight excluding hydrogens is 315 g/mol. The lowest BCUT2D eigenvalue weighted by atomic mass is 10.3. The quantitative estimate of drug-likeness (QED) is 0.864. The van der Waals surface area contributed by atoms with Gasteiger partial charge in [-0.1, -0.05) is 23.2 Å². The molecule has 0 amide bonds. The average molecular weight is 329 g/mol. The number of benzene rings is 1. The van der Waals surface area contributed by atoms with Crippen molar-refractivity contribution >= 4 is 51.0 Å². The third kappa shape index (κ3) is 4.16. The molecule has 4 nitrogen and oxygen atoms in total. The Morgan fingerprint density at radius 3 is 2.85 bits per heavy atom. The van der Waals surface area contributed by atoms with E-state index in [1.54, 1.807) is 18.3 Å². The first kappa shape index (κ1) is 15.2. The van der Waals surface area contributed by atoms with E-state index in [9.17, 15) is 0 Å². The van der Waals surface area contributed by atoms with Crippen molar-refractivity contribution < 1.29 is 0 Å². The van der Waals surface area contributed by atoms with E-state index in [-0.39, 0.29) is 0 Å². The molecule has 0 aliphatic carbocycles. The lowest BCUT2D eigenvalue weighted by molar-refractivity contribution is 0.850. The molecule has 0 spiro atoms. The van der Waals surface area contributed by atoms with E-state index in [0.29, 0.717) is 10.0 Å². The molecule has 0 fully saturated rings. The molecule has 0 aromatic heterocycles. The van der Waals surface area contributed by atoms with Gasteiger partial charge in [-0.05, 0) is 43.8 Å². The van der Waals surface area contributed by atoms with Gasteiger partial charge in [0.05, 0.1) is 10.7 Å². The number of hydrogen-bond acceptors (Lipinski definition) is 4. The topological polar surface area (TPSA) is 48.8 Å². The SMILES string of the molecule is CCN/C(C)=C/N=C1N=C(Nc2ccc(Cl)cc2Cl)S1. The maximum atomic E-state index is 6.07. The van der Waals surface area contributed by atoms with Gasteiger partial charge in [0.2, 0.25) is 0 Å². The third-order valence-corrected chi connectivity index (χ3v) is 3.70.